The lowest BCUT2D eigenvalue weighted by atomic mass is 10.0. The van der Waals surface area contributed by atoms with Gasteiger partial charge in [-0.25, -0.2) is 18.7 Å². The fourth-order valence-electron chi connectivity index (χ4n) is 3.23. The van der Waals surface area contributed by atoms with Crippen LogP contribution in [0.1, 0.15) is 10.4 Å². The molecule has 0 saturated carbocycles. The van der Waals surface area contributed by atoms with E-state index in [0.717, 1.165) is 12.1 Å². The number of pyridine rings is 1. The fraction of sp³-hybridized carbons (Fsp3) is 0.278. The molecule has 2 aromatic heterocycles. The molecule has 0 bridgehead atoms. The Morgan fingerprint density at radius 1 is 1.22 bits per heavy atom. The summed E-state index contributed by atoms with van der Waals surface area (Å²) < 4.78 is 34.2. The molecule has 4 rings (SSSR count). The molecule has 1 aliphatic heterocycles. The largest absolute Gasteiger partial charge is 0.382 e. The highest BCUT2D eigenvalue weighted by molar-refractivity contribution is 6.11. The second kappa shape index (κ2) is 6.58. The Kier molecular flexibility index (Phi) is 4.23. The highest BCUT2D eigenvalue weighted by Crippen LogP contribution is 2.32. The van der Waals surface area contributed by atoms with Crippen LogP contribution in [-0.4, -0.2) is 51.6 Å². The number of aromatic nitrogens is 3. The molecule has 1 saturated heterocycles. The molecule has 1 aromatic carbocycles. The van der Waals surface area contributed by atoms with Crippen molar-refractivity contribution >= 4 is 22.8 Å². The van der Waals surface area contributed by atoms with E-state index in [-0.39, 0.29) is 28.5 Å². The summed E-state index contributed by atoms with van der Waals surface area (Å²) in [7, 11) is 1.74. The zero-order valence-corrected chi connectivity index (χ0v) is 14.6. The molecule has 0 spiro atoms. The van der Waals surface area contributed by atoms with Crippen LogP contribution in [0.4, 0.5) is 14.6 Å². The standard InChI is InChI=1S/C18H17F2N5O2/c1-24-9-22-15-16(24)13(18(26)25-4-6-27-7-5-25)14(23-17(15)21)10-2-3-11(19)12(20)8-10/h2-3,8-9H,4-7H2,1H3,(H2,21,23). The highest BCUT2D eigenvalue weighted by atomic mass is 19.2. The SMILES string of the molecule is Cn1cnc2c(N)nc(-c3ccc(F)c(F)c3)c(C(=O)N3CCOCC3)c21. The minimum absolute atomic E-state index is 0.115. The molecule has 140 valence electrons. The molecule has 3 heterocycles. The van der Waals surface area contributed by atoms with Crippen molar-refractivity contribution in [1.29, 1.82) is 0 Å². The van der Waals surface area contributed by atoms with Crippen molar-refractivity contribution in [2.24, 2.45) is 7.05 Å². The molecule has 3 aromatic rings. The Bertz CT molecular complexity index is 1040. The van der Waals surface area contributed by atoms with Gasteiger partial charge in [0.15, 0.2) is 17.5 Å². The summed E-state index contributed by atoms with van der Waals surface area (Å²) in [5.74, 6) is -2.17. The number of nitrogens with two attached hydrogens (primary N) is 1. The number of fused-ring (bicyclic) bond motifs is 1. The number of nitrogens with zero attached hydrogens (tertiary/aromatic N) is 4. The van der Waals surface area contributed by atoms with E-state index >= 15 is 0 Å². The van der Waals surface area contributed by atoms with E-state index in [4.69, 9.17) is 10.5 Å². The van der Waals surface area contributed by atoms with Crippen molar-refractivity contribution in [2.75, 3.05) is 32.0 Å². The van der Waals surface area contributed by atoms with Gasteiger partial charge in [0.1, 0.15) is 5.52 Å². The van der Waals surface area contributed by atoms with E-state index in [9.17, 15) is 13.6 Å². The minimum Gasteiger partial charge on any atom is -0.382 e. The number of benzene rings is 1. The van der Waals surface area contributed by atoms with Gasteiger partial charge in [0.05, 0.1) is 36.3 Å². The maximum absolute atomic E-state index is 13.8. The number of carbonyl (C=O) groups excluding carboxylic acids is 1. The summed E-state index contributed by atoms with van der Waals surface area (Å²) in [5, 5.41) is 0. The highest BCUT2D eigenvalue weighted by Gasteiger charge is 2.28. The number of ether oxygens (including phenoxy) is 1. The average molecular weight is 373 g/mol. The number of amides is 1. The first kappa shape index (κ1) is 17.3. The van der Waals surface area contributed by atoms with Crippen molar-refractivity contribution < 1.29 is 18.3 Å². The Balaban J connectivity index is 1.98. The fourth-order valence-corrected chi connectivity index (χ4v) is 3.23. The number of nitrogen functional groups attached to an aromatic ring is 1. The number of morpholine rings is 1. The van der Waals surface area contributed by atoms with Gasteiger partial charge in [-0.15, -0.1) is 0 Å². The van der Waals surface area contributed by atoms with Gasteiger partial charge in [-0.3, -0.25) is 4.79 Å². The smallest absolute Gasteiger partial charge is 0.258 e. The molecular formula is C18H17F2N5O2. The lowest BCUT2D eigenvalue weighted by molar-refractivity contribution is 0.0304. The van der Waals surface area contributed by atoms with Crippen LogP contribution in [0, 0.1) is 11.6 Å². The molecule has 0 atom stereocenters. The van der Waals surface area contributed by atoms with E-state index in [1.165, 1.54) is 12.4 Å². The van der Waals surface area contributed by atoms with Gasteiger partial charge in [-0.05, 0) is 18.2 Å². The molecule has 0 aliphatic carbocycles. The number of anilines is 1. The molecule has 2 N–H and O–H groups in total. The molecule has 1 amide bonds. The van der Waals surface area contributed by atoms with Crippen molar-refractivity contribution in [1.82, 2.24) is 19.4 Å². The Labute approximate surface area is 153 Å². The molecular weight excluding hydrogens is 356 g/mol. The topological polar surface area (TPSA) is 86.3 Å². The number of hydrogen-bond acceptors (Lipinski definition) is 5. The predicted molar refractivity (Wildman–Crippen MR) is 95.0 cm³/mol. The maximum atomic E-state index is 13.8. The zero-order chi connectivity index (χ0) is 19.1. The van der Waals surface area contributed by atoms with Crippen LogP contribution in [0.5, 0.6) is 0 Å². The second-order valence-corrected chi connectivity index (χ2v) is 6.31. The van der Waals surface area contributed by atoms with Crippen LogP contribution >= 0.6 is 0 Å². The molecule has 9 heteroatoms. The summed E-state index contributed by atoms with van der Waals surface area (Å²) in [6.07, 6.45) is 1.54. The Morgan fingerprint density at radius 2 is 1.96 bits per heavy atom. The van der Waals surface area contributed by atoms with Crippen molar-refractivity contribution in [2.45, 2.75) is 0 Å². The third-order valence-corrected chi connectivity index (χ3v) is 4.59. The van der Waals surface area contributed by atoms with E-state index in [1.807, 2.05) is 0 Å². The number of rotatable bonds is 2. The second-order valence-electron chi connectivity index (χ2n) is 6.31. The molecule has 0 radical (unpaired) electrons. The van der Waals surface area contributed by atoms with E-state index in [1.54, 1.807) is 16.5 Å². The summed E-state index contributed by atoms with van der Waals surface area (Å²) in [4.78, 5) is 23.5. The zero-order valence-electron chi connectivity index (χ0n) is 14.6. The van der Waals surface area contributed by atoms with E-state index in [2.05, 4.69) is 9.97 Å². The van der Waals surface area contributed by atoms with Crippen LogP contribution in [0.25, 0.3) is 22.3 Å². The summed E-state index contributed by atoms with van der Waals surface area (Å²) in [5.41, 5.74) is 7.63. The van der Waals surface area contributed by atoms with Gasteiger partial charge in [0.2, 0.25) is 0 Å². The van der Waals surface area contributed by atoms with Gasteiger partial charge in [0, 0.05) is 25.7 Å². The van der Waals surface area contributed by atoms with Crippen LogP contribution in [0.15, 0.2) is 24.5 Å². The normalized spacial score (nSPS) is 14.7. The van der Waals surface area contributed by atoms with Crippen LogP contribution in [0.2, 0.25) is 0 Å². The number of carbonyl (C=O) groups is 1. The van der Waals surface area contributed by atoms with Gasteiger partial charge in [0.25, 0.3) is 5.91 Å². The molecule has 0 unspecified atom stereocenters. The third-order valence-electron chi connectivity index (χ3n) is 4.59. The predicted octanol–water partition coefficient (Wildman–Crippen LogP) is 1.97. The van der Waals surface area contributed by atoms with E-state index < -0.39 is 11.6 Å². The van der Waals surface area contributed by atoms with Gasteiger partial charge in [-0.1, -0.05) is 0 Å². The maximum Gasteiger partial charge on any atom is 0.258 e. The number of halogens is 2. The van der Waals surface area contributed by atoms with Crippen molar-refractivity contribution in [3.8, 4) is 11.3 Å². The summed E-state index contributed by atoms with van der Waals surface area (Å²) >= 11 is 0. The number of aryl methyl sites for hydroxylation is 1. The third kappa shape index (κ3) is 2.89. The van der Waals surface area contributed by atoms with Crippen LogP contribution < -0.4 is 5.73 Å². The summed E-state index contributed by atoms with van der Waals surface area (Å²) in [6, 6.07) is 3.38. The van der Waals surface area contributed by atoms with Crippen molar-refractivity contribution in [3.05, 3.63) is 41.7 Å². The molecule has 7 nitrogen and oxygen atoms in total. The van der Waals surface area contributed by atoms with Gasteiger partial charge < -0.3 is 19.9 Å². The Hall–Kier alpha value is -3.07. The first-order chi connectivity index (χ1) is 13.0. The van der Waals surface area contributed by atoms with Crippen LogP contribution in [-0.2, 0) is 11.8 Å². The molecule has 1 fully saturated rings. The lowest BCUT2D eigenvalue weighted by Gasteiger charge is -2.28. The number of hydrogen-bond donors (Lipinski definition) is 1. The first-order valence-electron chi connectivity index (χ1n) is 8.40. The Morgan fingerprint density at radius 3 is 2.67 bits per heavy atom. The molecule has 27 heavy (non-hydrogen) atoms. The van der Waals surface area contributed by atoms with E-state index in [0.29, 0.717) is 37.3 Å². The van der Waals surface area contributed by atoms with Crippen LogP contribution in [0.3, 0.4) is 0 Å². The monoisotopic (exact) mass is 373 g/mol. The van der Waals surface area contributed by atoms with Crippen molar-refractivity contribution in [3.63, 3.8) is 0 Å². The lowest BCUT2D eigenvalue weighted by Crippen LogP contribution is -2.41. The quantitative estimate of drug-likeness (QED) is 0.742. The number of imidazole rings is 1. The average Bonchev–Trinajstić information content (AvgIpc) is 3.06. The first-order valence-corrected chi connectivity index (χ1v) is 8.40. The minimum atomic E-state index is -1.03. The van der Waals surface area contributed by atoms with Gasteiger partial charge >= 0.3 is 0 Å². The van der Waals surface area contributed by atoms with Gasteiger partial charge in [-0.2, -0.15) is 0 Å². The summed E-state index contributed by atoms with van der Waals surface area (Å²) in [6.45, 7) is 1.73. The molecule has 1 aliphatic rings.